The Hall–Kier alpha value is -0.770. The summed E-state index contributed by atoms with van der Waals surface area (Å²) < 4.78 is 5.62. The lowest BCUT2D eigenvalue weighted by Gasteiger charge is -2.21. The van der Waals surface area contributed by atoms with Gasteiger partial charge in [-0.05, 0) is 41.3 Å². The van der Waals surface area contributed by atoms with Crippen molar-refractivity contribution in [3.05, 3.63) is 22.6 Å². The zero-order valence-electron chi connectivity index (χ0n) is 8.70. The van der Waals surface area contributed by atoms with Gasteiger partial charge in [-0.3, -0.25) is 4.79 Å². The van der Waals surface area contributed by atoms with Crippen LogP contribution >= 0.6 is 15.9 Å². The molecule has 1 fully saturated rings. The van der Waals surface area contributed by atoms with Gasteiger partial charge in [-0.25, -0.2) is 0 Å². The standard InChI is InChI=1S/C11H14BrNO2/c1-2-6-13(8-3-4-8)11(14)9-5-7-15-10(9)12/h5,7-8H,2-4,6H2,1H3. The molecule has 0 N–H and O–H groups in total. The molecule has 0 bridgehead atoms. The SMILES string of the molecule is CCCN(C(=O)c1ccoc1Br)C1CC1. The number of halogens is 1. The molecule has 3 nitrogen and oxygen atoms in total. The molecule has 1 aromatic heterocycles. The minimum Gasteiger partial charge on any atom is -0.457 e. The fourth-order valence-corrected chi connectivity index (χ4v) is 2.09. The second-order valence-electron chi connectivity index (χ2n) is 3.84. The number of hydrogen-bond acceptors (Lipinski definition) is 2. The van der Waals surface area contributed by atoms with Gasteiger partial charge in [0, 0.05) is 12.6 Å². The largest absolute Gasteiger partial charge is 0.457 e. The van der Waals surface area contributed by atoms with Gasteiger partial charge in [0.1, 0.15) is 0 Å². The molecule has 1 heterocycles. The highest BCUT2D eigenvalue weighted by molar-refractivity contribution is 9.10. The Balaban J connectivity index is 2.14. The van der Waals surface area contributed by atoms with E-state index in [1.807, 2.05) is 4.90 Å². The summed E-state index contributed by atoms with van der Waals surface area (Å²) in [6, 6.07) is 2.18. The summed E-state index contributed by atoms with van der Waals surface area (Å²) in [7, 11) is 0. The van der Waals surface area contributed by atoms with Gasteiger partial charge in [0.05, 0.1) is 11.8 Å². The molecule has 1 aliphatic rings. The number of carbonyl (C=O) groups excluding carboxylic acids is 1. The van der Waals surface area contributed by atoms with E-state index in [4.69, 9.17) is 4.42 Å². The lowest BCUT2D eigenvalue weighted by molar-refractivity contribution is 0.0741. The van der Waals surface area contributed by atoms with Crippen molar-refractivity contribution >= 4 is 21.8 Å². The normalized spacial score (nSPS) is 15.3. The fourth-order valence-electron chi connectivity index (χ4n) is 1.68. The number of nitrogens with zero attached hydrogens (tertiary/aromatic N) is 1. The van der Waals surface area contributed by atoms with Gasteiger partial charge in [0.2, 0.25) is 0 Å². The van der Waals surface area contributed by atoms with Gasteiger partial charge in [0.15, 0.2) is 4.67 Å². The average Bonchev–Trinajstić information content (AvgIpc) is 2.97. The lowest BCUT2D eigenvalue weighted by Crippen LogP contribution is -2.33. The quantitative estimate of drug-likeness (QED) is 0.844. The summed E-state index contributed by atoms with van der Waals surface area (Å²) in [4.78, 5) is 14.1. The molecule has 1 amide bonds. The number of amides is 1. The van der Waals surface area contributed by atoms with Gasteiger partial charge in [-0.1, -0.05) is 6.92 Å². The Labute approximate surface area is 97.6 Å². The maximum absolute atomic E-state index is 12.1. The predicted octanol–water partition coefficient (Wildman–Crippen LogP) is 3.06. The minimum absolute atomic E-state index is 0.0833. The first-order chi connectivity index (χ1) is 7.24. The summed E-state index contributed by atoms with van der Waals surface area (Å²) in [5.74, 6) is 0.0833. The highest BCUT2D eigenvalue weighted by Crippen LogP contribution is 2.30. The topological polar surface area (TPSA) is 33.5 Å². The molecule has 0 atom stereocenters. The van der Waals surface area contributed by atoms with Crippen molar-refractivity contribution in [2.75, 3.05) is 6.54 Å². The van der Waals surface area contributed by atoms with Crippen LogP contribution in [0.4, 0.5) is 0 Å². The van der Waals surface area contributed by atoms with Crippen molar-refractivity contribution < 1.29 is 9.21 Å². The molecule has 82 valence electrons. The van der Waals surface area contributed by atoms with Crippen molar-refractivity contribution in [3.63, 3.8) is 0 Å². The predicted molar refractivity (Wildman–Crippen MR) is 60.8 cm³/mol. The van der Waals surface area contributed by atoms with Crippen LogP contribution in [0.2, 0.25) is 0 Å². The summed E-state index contributed by atoms with van der Waals surface area (Å²) in [5.41, 5.74) is 0.635. The molecular weight excluding hydrogens is 258 g/mol. The molecule has 1 saturated carbocycles. The molecule has 2 rings (SSSR count). The van der Waals surface area contributed by atoms with Crippen molar-refractivity contribution in [3.8, 4) is 0 Å². The van der Waals surface area contributed by atoms with Gasteiger partial charge in [-0.2, -0.15) is 0 Å². The average molecular weight is 272 g/mol. The zero-order chi connectivity index (χ0) is 10.8. The molecule has 4 heteroatoms. The van der Waals surface area contributed by atoms with E-state index in [0.29, 0.717) is 16.3 Å². The third kappa shape index (κ3) is 2.25. The third-order valence-electron chi connectivity index (χ3n) is 2.56. The van der Waals surface area contributed by atoms with E-state index >= 15 is 0 Å². The number of furan rings is 1. The first-order valence-corrected chi connectivity index (χ1v) is 6.07. The molecule has 1 aliphatic carbocycles. The van der Waals surface area contributed by atoms with E-state index in [9.17, 15) is 4.79 Å². The van der Waals surface area contributed by atoms with E-state index < -0.39 is 0 Å². The Morgan fingerprint density at radius 3 is 2.87 bits per heavy atom. The highest BCUT2D eigenvalue weighted by atomic mass is 79.9. The van der Waals surface area contributed by atoms with E-state index in [2.05, 4.69) is 22.9 Å². The van der Waals surface area contributed by atoms with Crippen LogP contribution in [0.5, 0.6) is 0 Å². The minimum atomic E-state index is 0.0833. The smallest absolute Gasteiger partial charge is 0.258 e. The van der Waals surface area contributed by atoms with Crippen LogP contribution in [-0.4, -0.2) is 23.4 Å². The summed E-state index contributed by atoms with van der Waals surface area (Å²) in [6.07, 6.45) is 4.81. The van der Waals surface area contributed by atoms with E-state index in [1.54, 1.807) is 6.07 Å². The van der Waals surface area contributed by atoms with Crippen LogP contribution in [0.15, 0.2) is 21.4 Å². The van der Waals surface area contributed by atoms with Crippen LogP contribution in [0.1, 0.15) is 36.5 Å². The van der Waals surface area contributed by atoms with Crippen molar-refractivity contribution in [1.29, 1.82) is 0 Å². The monoisotopic (exact) mass is 271 g/mol. The number of hydrogen-bond donors (Lipinski definition) is 0. The summed E-state index contributed by atoms with van der Waals surface area (Å²) in [5, 5.41) is 0. The number of carbonyl (C=O) groups is 1. The molecule has 0 aromatic carbocycles. The Morgan fingerprint density at radius 2 is 2.40 bits per heavy atom. The molecule has 0 aliphatic heterocycles. The van der Waals surface area contributed by atoms with Crippen LogP contribution in [0, 0.1) is 0 Å². The first kappa shape index (κ1) is 10.7. The molecule has 0 spiro atoms. The molecule has 0 radical (unpaired) electrons. The summed E-state index contributed by atoms with van der Waals surface area (Å²) in [6.45, 7) is 2.92. The fraction of sp³-hybridized carbons (Fsp3) is 0.545. The van der Waals surface area contributed by atoms with Crippen LogP contribution in [-0.2, 0) is 0 Å². The van der Waals surface area contributed by atoms with Crippen molar-refractivity contribution in [2.24, 2.45) is 0 Å². The van der Waals surface area contributed by atoms with Crippen LogP contribution < -0.4 is 0 Å². The summed E-state index contributed by atoms with van der Waals surface area (Å²) >= 11 is 3.24. The second kappa shape index (κ2) is 4.39. The third-order valence-corrected chi connectivity index (χ3v) is 3.18. The molecule has 0 unspecified atom stereocenters. The maximum Gasteiger partial charge on any atom is 0.258 e. The number of rotatable bonds is 4. The van der Waals surface area contributed by atoms with Gasteiger partial charge in [0.25, 0.3) is 5.91 Å². The molecule has 15 heavy (non-hydrogen) atoms. The molecular formula is C11H14BrNO2. The van der Waals surface area contributed by atoms with Crippen LogP contribution in [0.3, 0.4) is 0 Å². The zero-order valence-corrected chi connectivity index (χ0v) is 10.3. The lowest BCUT2D eigenvalue weighted by atomic mass is 10.2. The first-order valence-electron chi connectivity index (χ1n) is 5.28. The Morgan fingerprint density at radius 1 is 1.67 bits per heavy atom. The van der Waals surface area contributed by atoms with Gasteiger partial charge >= 0.3 is 0 Å². The van der Waals surface area contributed by atoms with Crippen molar-refractivity contribution in [2.45, 2.75) is 32.2 Å². The van der Waals surface area contributed by atoms with E-state index in [-0.39, 0.29) is 5.91 Å². The van der Waals surface area contributed by atoms with Crippen LogP contribution in [0.25, 0.3) is 0 Å². The van der Waals surface area contributed by atoms with E-state index in [1.165, 1.54) is 6.26 Å². The Kier molecular flexibility index (Phi) is 3.14. The van der Waals surface area contributed by atoms with E-state index in [0.717, 1.165) is 25.8 Å². The highest BCUT2D eigenvalue weighted by Gasteiger charge is 2.33. The molecule has 1 aromatic rings. The van der Waals surface area contributed by atoms with Crippen molar-refractivity contribution in [1.82, 2.24) is 4.90 Å². The Bertz CT molecular complexity index is 357. The maximum atomic E-state index is 12.1. The molecule has 0 saturated heterocycles. The van der Waals surface area contributed by atoms with Gasteiger partial charge < -0.3 is 9.32 Å². The van der Waals surface area contributed by atoms with Gasteiger partial charge in [-0.15, -0.1) is 0 Å². The second-order valence-corrected chi connectivity index (χ2v) is 4.56.